The Morgan fingerprint density at radius 2 is 1.84 bits per heavy atom. The lowest BCUT2D eigenvalue weighted by Crippen LogP contribution is -2.45. The van der Waals surface area contributed by atoms with E-state index in [-0.39, 0.29) is 11.3 Å². The zero-order chi connectivity index (χ0) is 17.9. The molecule has 5 heteroatoms. The molecule has 3 rings (SSSR count). The topological polar surface area (TPSA) is 41.6 Å². The minimum absolute atomic E-state index is 0.198. The van der Waals surface area contributed by atoms with Crippen molar-refractivity contribution in [2.75, 3.05) is 26.2 Å². The molecule has 1 N–H and O–H groups in total. The van der Waals surface area contributed by atoms with Crippen molar-refractivity contribution in [1.29, 1.82) is 0 Å². The number of rotatable bonds is 7. The molecule has 0 bridgehead atoms. The number of benzene rings is 1. The number of carbonyl (C=O) groups excluding carboxylic acids is 1. The zero-order valence-electron chi connectivity index (χ0n) is 15.3. The zero-order valence-corrected chi connectivity index (χ0v) is 16.8. The molecule has 138 valence electrons. The van der Waals surface area contributed by atoms with E-state index in [1.165, 1.54) is 0 Å². The van der Waals surface area contributed by atoms with Crippen LogP contribution < -0.4 is 5.32 Å². The van der Waals surface area contributed by atoms with Crippen molar-refractivity contribution in [2.45, 2.75) is 57.2 Å². The highest BCUT2D eigenvalue weighted by atomic mass is 79.9. The number of nitrogens with zero attached hydrogens (tertiary/aromatic N) is 1. The first kappa shape index (κ1) is 18.9. The number of halogens is 1. The first-order valence-corrected chi connectivity index (χ1v) is 10.2. The van der Waals surface area contributed by atoms with Crippen LogP contribution in [-0.2, 0) is 14.9 Å². The van der Waals surface area contributed by atoms with Crippen LogP contribution in [0.5, 0.6) is 0 Å². The number of hydrogen-bond acceptors (Lipinski definition) is 3. The van der Waals surface area contributed by atoms with Crippen molar-refractivity contribution in [1.82, 2.24) is 10.2 Å². The number of ether oxygens (including phenoxy) is 1. The highest BCUT2D eigenvalue weighted by Crippen LogP contribution is 2.48. The van der Waals surface area contributed by atoms with Crippen LogP contribution in [0.4, 0.5) is 0 Å². The second-order valence-electron chi connectivity index (χ2n) is 7.57. The van der Waals surface area contributed by atoms with Gasteiger partial charge in [-0.2, -0.15) is 0 Å². The molecule has 4 nitrogen and oxygen atoms in total. The van der Waals surface area contributed by atoms with Crippen LogP contribution in [0, 0.1) is 0 Å². The van der Waals surface area contributed by atoms with E-state index < -0.39 is 0 Å². The van der Waals surface area contributed by atoms with Crippen molar-refractivity contribution in [3.05, 3.63) is 34.3 Å². The Morgan fingerprint density at radius 3 is 2.44 bits per heavy atom. The fraction of sp³-hybridized carbons (Fsp3) is 0.650. The SMILES string of the molecule is C[C@@H]1CN(CCCCNC(=O)C2(c3ccc(Br)cc3)CC2)C[C@H](C)O1. The number of amides is 1. The van der Waals surface area contributed by atoms with Gasteiger partial charge in [0.2, 0.25) is 5.91 Å². The summed E-state index contributed by atoms with van der Waals surface area (Å²) in [6, 6.07) is 8.18. The molecule has 25 heavy (non-hydrogen) atoms. The maximum Gasteiger partial charge on any atom is 0.230 e. The van der Waals surface area contributed by atoms with Gasteiger partial charge in [0.1, 0.15) is 0 Å². The lowest BCUT2D eigenvalue weighted by Gasteiger charge is -2.35. The third-order valence-electron chi connectivity index (χ3n) is 5.26. The highest BCUT2D eigenvalue weighted by Gasteiger charge is 2.50. The van der Waals surface area contributed by atoms with Gasteiger partial charge >= 0.3 is 0 Å². The minimum Gasteiger partial charge on any atom is -0.373 e. The molecule has 0 radical (unpaired) electrons. The molecule has 1 aromatic rings. The summed E-state index contributed by atoms with van der Waals surface area (Å²) in [6.45, 7) is 8.17. The molecule has 2 aliphatic rings. The van der Waals surface area contributed by atoms with Crippen LogP contribution in [0.2, 0.25) is 0 Å². The van der Waals surface area contributed by atoms with Crippen molar-refractivity contribution in [3.8, 4) is 0 Å². The van der Waals surface area contributed by atoms with Crippen molar-refractivity contribution in [2.24, 2.45) is 0 Å². The Balaban J connectivity index is 1.38. The molecular formula is C20H29BrN2O2. The molecule has 0 unspecified atom stereocenters. The van der Waals surface area contributed by atoms with E-state index in [2.05, 4.69) is 52.1 Å². The minimum atomic E-state index is -0.268. The fourth-order valence-electron chi connectivity index (χ4n) is 3.84. The molecule has 1 saturated carbocycles. The summed E-state index contributed by atoms with van der Waals surface area (Å²) < 4.78 is 6.82. The maximum absolute atomic E-state index is 12.6. The molecule has 2 atom stereocenters. The lowest BCUT2D eigenvalue weighted by atomic mass is 9.95. The van der Waals surface area contributed by atoms with Crippen LogP contribution >= 0.6 is 15.9 Å². The van der Waals surface area contributed by atoms with E-state index in [1.807, 2.05) is 12.1 Å². The molecule has 1 saturated heterocycles. The van der Waals surface area contributed by atoms with Crippen molar-refractivity contribution in [3.63, 3.8) is 0 Å². The summed E-state index contributed by atoms with van der Waals surface area (Å²) in [5.41, 5.74) is 0.875. The van der Waals surface area contributed by atoms with Crippen LogP contribution in [0.3, 0.4) is 0 Å². The predicted molar refractivity (Wildman–Crippen MR) is 104 cm³/mol. The van der Waals surface area contributed by atoms with Crippen LogP contribution in [0.25, 0.3) is 0 Å². The van der Waals surface area contributed by atoms with Gasteiger partial charge in [0, 0.05) is 24.1 Å². The van der Waals surface area contributed by atoms with Gasteiger partial charge in [-0.25, -0.2) is 0 Å². The fourth-order valence-corrected chi connectivity index (χ4v) is 4.10. The van der Waals surface area contributed by atoms with Gasteiger partial charge in [-0.3, -0.25) is 9.69 Å². The van der Waals surface area contributed by atoms with Crippen LogP contribution in [-0.4, -0.2) is 49.2 Å². The standard InChI is InChI=1S/C20H29BrN2O2/c1-15-13-23(14-16(2)25-15)12-4-3-11-22-19(24)20(9-10-20)17-5-7-18(21)8-6-17/h5-8,15-16H,3-4,9-14H2,1-2H3,(H,22,24)/t15-,16+. The van der Waals surface area contributed by atoms with E-state index in [0.717, 1.165) is 61.9 Å². The summed E-state index contributed by atoms with van der Waals surface area (Å²) >= 11 is 3.46. The molecule has 2 fully saturated rings. The summed E-state index contributed by atoms with van der Waals surface area (Å²) in [7, 11) is 0. The Hall–Kier alpha value is -0.910. The summed E-state index contributed by atoms with van der Waals surface area (Å²) in [5.74, 6) is 0.198. The number of carbonyl (C=O) groups is 1. The quantitative estimate of drug-likeness (QED) is 0.702. The molecule has 0 aromatic heterocycles. The van der Waals surface area contributed by atoms with Gasteiger partial charge in [-0.15, -0.1) is 0 Å². The Bertz CT molecular complexity index is 576. The van der Waals surface area contributed by atoms with E-state index in [9.17, 15) is 4.79 Å². The van der Waals surface area contributed by atoms with Crippen molar-refractivity contribution < 1.29 is 9.53 Å². The number of nitrogens with one attached hydrogen (secondary N) is 1. The second kappa shape index (κ2) is 8.19. The van der Waals surface area contributed by atoms with Crippen LogP contribution in [0.15, 0.2) is 28.7 Å². The highest BCUT2D eigenvalue weighted by molar-refractivity contribution is 9.10. The molecule has 0 spiro atoms. The Morgan fingerprint density at radius 1 is 1.20 bits per heavy atom. The van der Waals surface area contributed by atoms with Gasteiger partial charge in [-0.1, -0.05) is 28.1 Å². The van der Waals surface area contributed by atoms with Gasteiger partial charge in [-0.05, 0) is 63.8 Å². The third kappa shape index (κ3) is 4.83. The largest absolute Gasteiger partial charge is 0.373 e. The number of hydrogen-bond donors (Lipinski definition) is 1. The average molecular weight is 409 g/mol. The second-order valence-corrected chi connectivity index (χ2v) is 8.48. The molecule has 1 aromatic carbocycles. The van der Waals surface area contributed by atoms with E-state index >= 15 is 0 Å². The predicted octanol–water partition coefficient (Wildman–Crippen LogP) is 3.49. The number of unbranched alkanes of at least 4 members (excludes halogenated alkanes) is 1. The molecule has 1 heterocycles. The molecular weight excluding hydrogens is 380 g/mol. The molecule has 1 amide bonds. The summed E-state index contributed by atoms with van der Waals surface area (Å²) in [6.07, 6.45) is 4.72. The van der Waals surface area contributed by atoms with Gasteiger partial charge < -0.3 is 10.1 Å². The van der Waals surface area contributed by atoms with Crippen molar-refractivity contribution >= 4 is 21.8 Å². The van der Waals surface area contributed by atoms with Gasteiger partial charge in [0.15, 0.2) is 0 Å². The van der Waals surface area contributed by atoms with E-state index in [0.29, 0.717) is 12.2 Å². The average Bonchev–Trinajstić information content (AvgIpc) is 3.36. The summed E-state index contributed by atoms with van der Waals surface area (Å²) in [4.78, 5) is 15.1. The smallest absolute Gasteiger partial charge is 0.230 e. The maximum atomic E-state index is 12.6. The lowest BCUT2D eigenvalue weighted by molar-refractivity contribution is -0.123. The Kier molecular flexibility index (Phi) is 6.18. The first-order chi connectivity index (χ1) is 12.0. The van der Waals surface area contributed by atoms with E-state index in [1.54, 1.807) is 0 Å². The van der Waals surface area contributed by atoms with Gasteiger partial charge in [0.25, 0.3) is 0 Å². The summed E-state index contributed by atoms with van der Waals surface area (Å²) in [5, 5.41) is 3.16. The third-order valence-corrected chi connectivity index (χ3v) is 5.79. The monoisotopic (exact) mass is 408 g/mol. The Labute approximate surface area is 159 Å². The molecule has 1 aliphatic carbocycles. The molecule has 1 aliphatic heterocycles. The van der Waals surface area contributed by atoms with E-state index in [4.69, 9.17) is 4.74 Å². The number of morpholine rings is 1. The van der Waals surface area contributed by atoms with Gasteiger partial charge in [0.05, 0.1) is 17.6 Å². The normalized spacial score (nSPS) is 25.6. The van der Waals surface area contributed by atoms with Crippen LogP contribution in [0.1, 0.15) is 45.1 Å². The first-order valence-electron chi connectivity index (χ1n) is 9.42.